The van der Waals surface area contributed by atoms with Crippen molar-refractivity contribution >= 4 is 34.0 Å². The van der Waals surface area contributed by atoms with E-state index in [-0.39, 0.29) is 18.2 Å². The van der Waals surface area contributed by atoms with Gasteiger partial charge in [0.2, 0.25) is 5.78 Å². The summed E-state index contributed by atoms with van der Waals surface area (Å²) in [5.41, 5.74) is 2.21. The number of rotatable bonds is 9. The molecule has 34 heavy (non-hydrogen) atoms. The Balaban J connectivity index is 1.71. The minimum atomic E-state index is -1.16. The van der Waals surface area contributed by atoms with E-state index in [0.717, 1.165) is 5.56 Å². The molecule has 1 atom stereocenters. The maximum atomic E-state index is 13.3. The van der Waals surface area contributed by atoms with Gasteiger partial charge >= 0.3 is 5.97 Å². The van der Waals surface area contributed by atoms with Crippen LogP contribution in [0.15, 0.2) is 88.9 Å². The quantitative estimate of drug-likeness (QED) is 0.196. The first kappa shape index (κ1) is 23.0. The second kappa shape index (κ2) is 10.6. The zero-order chi connectivity index (χ0) is 23.9. The maximum Gasteiger partial charge on any atom is 0.341 e. The maximum absolute atomic E-state index is 13.3. The number of hydrogen-bond donors (Lipinski definition) is 2. The first-order valence-corrected chi connectivity index (χ1v) is 11.5. The number of amides is 1. The Bertz CT molecular complexity index is 1270. The van der Waals surface area contributed by atoms with Crippen molar-refractivity contribution in [3.63, 3.8) is 0 Å². The lowest BCUT2D eigenvalue weighted by Crippen LogP contribution is -2.46. The van der Waals surface area contributed by atoms with E-state index in [1.54, 1.807) is 43.3 Å². The molecule has 0 spiro atoms. The number of anilines is 1. The summed E-state index contributed by atoms with van der Waals surface area (Å²) in [5, 5.41) is 7.97. The molecule has 0 bridgehead atoms. The average molecular weight is 475 g/mol. The minimum Gasteiger partial charge on any atom is -0.462 e. The predicted octanol–water partition coefficient (Wildman–Crippen LogP) is 5.24. The SMILES string of the molecule is CCOC(=O)c1c(-c2ccccc2)csc1N[C@@H](NC(=O)c1ccco1)C(=O)c1ccccc1. The summed E-state index contributed by atoms with van der Waals surface area (Å²) in [7, 11) is 0. The van der Waals surface area contributed by atoms with E-state index < -0.39 is 18.0 Å². The standard InChI is InChI=1S/C26H22N2O5S/c1-2-32-26(31)21-19(17-10-5-3-6-11-17)16-34-25(21)28-23(22(29)18-12-7-4-8-13-18)27-24(30)20-14-9-15-33-20/h3-16,23,28H,2H2,1H3,(H,27,30)/t23-/m1/s1. The van der Waals surface area contributed by atoms with Crippen LogP contribution in [0.5, 0.6) is 0 Å². The highest BCUT2D eigenvalue weighted by molar-refractivity contribution is 7.15. The molecule has 4 aromatic rings. The number of furan rings is 1. The Morgan fingerprint density at radius 1 is 0.971 bits per heavy atom. The number of esters is 1. The van der Waals surface area contributed by atoms with Crippen molar-refractivity contribution in [1.29, 1.82) is 0 Å². The highest BCUT2D eigenvalue weighted by Gasteiger charge is 2.28. The van der Waals surface area contributed by atoms with Gasteiger partial charge in [0.25, 0.3) is 5.91 Å². The highest BCUT2D eigenvalue weighted by Crippen LogP contribution is 2.36. The molecule has 2 heterocycles. The number of thiophene rings is 1. The van der Waals surface area contributed by atoms with E-state index in [9.17, 15) is 14.4 Å². The number of Topliss-reactive ketones (excluding diaryl/α,β-unsaturated/α-hetero) is 1. The number of nitrogens with one attached hydrogen (secondary N) is 2. The van der Waals surface area contributed by atoms with Gasteiger partial charge in [-0.25, -0.2) is 4.79 Å². The van der Waals surface area contributed by atoms with E-state index >= 15 is 0 Å². The van der Waals surface area contributed by atoms with Gasteiger partial charge in [-0.3, -0.25) is 9.59 Å². The van der Waals surface area contributed by atoms with Crippen molar-refractivity contribution in [2.45, 2.75) is 13.1 Å². The first-order valence-electron chi connectivity index (χ1n) is 10.6. The van der Waals surface area contributed by atoms with Gasteiger partial charge in [0, 0.05) is 16.5 Å². The number of carbonyl (C=O) groups is 3. The Morgan fingerprint density at radius 3 is 2.32 bits per heavy atom. The first-order chi connectivity index (χ1) is 16.6. The smallest absolute Gasteiger partial charge is 0.341 e. The molecule has 8 heteroatoms. The van der Waals surface area contributed by atoms with Gasteiger partial charge in [-0.05, 0) is 24.6 Å². The van der Waals surface area contributed by atoms with Gasteiger partial charge in [-0.1, -0.05) is 60.7 Å². The molecule has 2 N–H and O–H groups in total. The fourth-order valence-electron chi connectivity index (χ4n) is 3.38. The molecule has 0 unspecified atom stereocenters. The van der Waals surface area contributed by atoms with Crippen LogP contribution in [-0.2, 0) is 4.74 Å². The summed E-state index contributed by atoms with van der Waals surface area (Å²) in [6.07, 6.45) is 0.219. The van der Waals surface area contributed by atoms with Crippen LogP contribution in [0, 0.1) is 0 Å². The Labute approximate surface area is 200 Å². The molecule has 0 aliphatic heterocycles. The lowest BCUT2D eigenvalue weighted by molar-refractivity contribution is 0.0528. The van der Waals surface area contributed by atoms with Crippen molar-refractivity contribution in [3.05, 3.63) is 101 Å². The largest absolute Gasteiger partial charge is 0.462 e. The molecule has 1 amide bonds. The summed E-state index contributed by atoms with van der Waals surface area (Å²) in [4.78, 5) is 38.9. The number of benzene rings is 2. The number of hydrogen-bond acceptors (Lipinski definition) is 7. The van der Waals surface area contributed by atoms with Crippen LogP contribution in [0.3, 0.4) is 0 Å². The highest BCUT2D eigenvalue weighted by atomic mass is 32.1. The van der Waals surface area contributed by atoms with Crippen LogP contribution in [0.2, 0.25) is 0 Å². The van der Waals surface area contributed by atoms with Crippen molar-refractivity contribution in [1.82, 2.24) is 5.32 Å². The average Bonchev–Trinajstić information content (AvgIpc) is 3.55. The zero-order valence-corrected chi connectivity index (χ0v) is 19.1. The summed E-state index contributed by atoms with van der Waals surface area (Å²) in [6, 6.07) is 21.1. The molecule has 0 aliphatic carbocycles. The molecule has 172 valence electrons. The molecule has 0 aliphatic rings. The van der Waals surface area contributed by atoms with Crippen LogP contribution in [0.4, 0.5) is 5.00 Å². The van der Waals surface area contributed by atoms with Gasteiger partial charge in [0.15, 0.2) is 11.9 Å². The van der Waals surface area contributed by atoms with Crippen molar-refractivity contribution < 1.29 is 23.5 Å². The van der Waals surface area contributed by atoms with E-state index in [1.807, 2.05) is 35.7 Å². The molecule has 0 saturated carbocycles. The normalized spacial score (nSPS) is 11.4. The van der Waals surface area contributed by atoms with E-state index in [2.05, 4.69) is 10.6 Å². The molecule has 0 fully saturated rings. The molecule has 7 nitrogen and oxygen atoms in total. The van der Waals surface area contributed by atoms with Crippen LogP contribution in [0.1, 0.15) is 38.2 Å². The number of ether oxygens (including phenoxy) is 1. The van der Waals surface area contributed by atoms with Crippen molar-refractivity contribution in [2.24, 2.45) is 0 Å². The van der Waals surface area contributed by atoms with Gasteiger partial charge in [-0.2, -0.15) is 0 Å². The van der Waals surface area contributed by atoms with Gasteiger partial charge in [0.05, 0.1) is 12.9 Å². The lowest BCUT2D eigenvalue weighted by Gasteiger charge is -2.20. The summed E-state index contributed by atoms with van der Waals surface area (Å²) in [6.45, 7) is 1.93. The van der Waals surface area contributed by atoms with Gasteiger partial charge < -0.3 is 19.8 Å². The Kier molecular flexibility index (Phi) is 7.19. The molecular formula is C26H22N2O5S. The Hall–Kier alpha value is -4.17. The molecule has 0 saturated heterocycles. The van der Waals surface area contributed by atoms with Gasteiger partial charge in [-0.15, -0.1) is 11.3 Å². The molecule has 0 radical (unpaired) electrons. The summed E-state index contributed by atoms with van der Waals surface area (Å²) >= 11 is 1.25. The summed E-state index contributed by atoms with van der Waals surface area (Å²) in [5.74, 6) is -1.39. The van der Waals surface area contributed by atoms with E-state index in [1.165, 1.54) is 23.7 Å². The lowest BCUT2D eigenvalue weighted by atomic mass is 10.0. The van der Waals surface area contributed by atoms with Crippen LogP contribution < -0.4 is 10.6 Å². The summed E-state index contributed by atoms with van der Waals surface area (Å²) < 4.78 is 10.5. The van der Waals surface area contributed by atoms with Gasteiger partial charge in [0.1, 0.15) is 10.6 Å². The fourth-order valence-corrected chi connectivity index (χ4v) is 4.36. The fraction of sp³-hybridized carbons (Fsp3) is 0.115. The van der Waals surface area contributed by atoms with Crippen LogP contribution >= 0.6 is 11.3 Å². The second-order valence-electron chi connectivity index (χ2n) is 7.20. The number of ketones is 1. The van der Waals surface area contributed by atoms with E-state index in [4.69, 9.17) is 9.15 Å². The zero-order valence-electron chi connectivity index (χ0n) is 18.3. The topological polar surface area (TPSA) is 97.6 Å². The van der Waals surface area contributed by atoms with Crippen molar-refractivity contribution in [3.8, 4) is 11.1 Å². The second-order valence-corrected chi connectivity index (χ2v) is 8.08. The number of carbonyl (C=O) groups excluding carboxylic acids is 3. The Morgan fingerprint density at radius 2 is 1.68 bits per heavy atom. The molecular weight excluding hydrogens is 452 g/mol. The van der Waals surface area contributed by atoms with Crippen LogP contribution in [0.25, 0.3) is 11.1 Å². The molecule has 2 aromatic heterocycles. The molecule has 4 rings (SSSR count). The minimum absolute atomic E-state index is 0.0643. The third-order valence-electron chi connectivity index (χ3n) is 4.97. The third-order valence-corrected chi connectivity index (χ3v) is 5.88. The monoisotopic (exact) mass is 474 g/mol. The molecule has 2 aromatic carbocycles. The van der Waals surface area contributed by atoms with Crippen LogP contribution in [-0.4, -0.2) is 30.4 Å². The third kappa shape index (κ3) is 5.07. The predicted molar refractivity (Wildman–Crippen MR) is 130 cm³/mol. The van der Waals surface area contributed by atoms with Crippen molar-refractivity contribution in [2.75, 3.05) is 11.9 Å². The van der Waals surface area contributed by atoms with E-state index in [0.29, 0.717) is 21.7 Å².